The molecule has 1 heterocycles. The Labute approximate surface area is 200 Å². The van der Waals surface area contributed by atoms with Crippen molar-refractivity contribution in [1.29, 1.82) is 0 Å². The number of anilines is 1. The van der Waals surface area contributed by atoms with E-state index in [1.165, 1.54) is 7.11 Å². The van der Waals surface area contributed by atoms with Gasteiger partial charge in [-0.3, -0.25) is 24.7 Å². The molecule has 1 fully saturated rings. The summed E-state index contributed by atoms with van der Waals surface area (Å²) in [6.45, 7) is 2.08. The van der Waals surface area contributed by atoms with Crippen molar-refractivity contribution in [2.75, 3.05) is 25.6 Å². The van der Waals surface area contributed by atoms with Crippen LogP contribution in [-0.2, 0) is 19.1 Å². The molecule has 0 radical (unpaired) electrons. The van der Waals surface area contributed by atoms with Gasteiger partial charge in [-0.2, -0.15) is 0 Å². The summed E-state index contributed by atoms with van der Waals surface area (Å²) in [5, 5.41) is 7.91. The van der Waals surface area contributed by atoms with Crippen LogP contribution in [-0.4, -0.2) is 55.4 Å². The van der Waals surface area contributed by atoms with Crippen LogP contribution in [0.5, 0.6) is 0 Å². The van der Waals surface area contributed by atoms with Gasteiger partial charge in [-0.05, 0) is 44.6 Å². The molecule has 2 unspecified atom stereocenters. The summed E-state index contributed by atoms with van der Waals surface area (Å²) in [5.41, 5.74) is 4.06. The molecule has 2 atom stereocenters. The number of rotatable bonds is 8. The molecule has 3 amide bonds. The van der Waals surface area contributed by atoms with Crippen LogP contribution in [0.3, 0.4) is 0 Å². The van der Waals surface area contributed by atoms with Crippen LogP contribution in [0.15, 0.2) is 17.1 Å². The monoisotopic (exact) mass is 499 g/mol. The first-order valence-corrected chi connectivity index (χ1v) is 11.3. The number of halogens is 3. The molecular weight excluding hydrogens is 472 g/mol. The fraction of sp³-hybridized carbons (Fsp3) is 0.545. The van der Waals surface area contributed by atoms with Gasteiger partial charge in [-0.15, -0.1) is 0 Å². The van der Waals surface area contributed by atoms with E-state index >= 15 is 0 Å². The van der Waals surface area contributed by atoms with Gasteiger partial charge in [0, 0.05) is 25.6 Å². The second-order valence-corrected chi connectivity index (χ2v) is 8.96. The third kappa shape index (κ3) is 5.21. The van der Waals surface area contributed by atoms with Crippen molar-refractivity contribution in [3.63, 3.8) is 0 Å². The number of carbonyl (C=O) groups excluding carboxylic acids is 3. The number of nitrogens with one attached hydrogen (secondary N) is 3. The maximum absolute atomic E-state index is 14.0. The third-order valence-electron chi connectivity index (χ3n) is 6.49. The summed E-state index contributed by atoms with van der Waals surface area (Å²) in [6, 6.07) is 1.55. The number of methoxy groups -OCH3 is 1. The number of amides is 3. The molecule has 1 aromatic carbocycles. The van der Waals surface area contributed by atoms with Crippen molar-refractivity contribution >= 4 is 40.7 Å². The van der Waals surface area contributed by atoms with Crippen LogP contribution in [0.25, 0.3) is 0 Å². The van der Waals surface area contributed by atoms with Crippen LogP contribution in [0.2, 0.25) is 5.02 Å². The van der Waals surface area contributed by atoms with Crippen molar-refractivity contribution < 1.29 is 27.9 Å². The molecule has 9 nitrogen and oxygen atoms in total. The Hall–Kier alpha value is -2.63. The summed E-state index contributed by atoms with van der Waals surface area (Å²) >= 11 is 5.87. The maximum atomic E-state index is 14.0. The fourth-order valence-electron chi connectivity index (χ4n) is 4.52. The molecule has 3 rings (SSSR count). The Morgan fingerprint density at radius 2 is 1.97 bits per heavy atom. The highest BCUT2D eigenvalue weighted by Gasteiger charge is 2.54. The van der Waals surface area contributed by atoms with E-state index in [9.17, 15) is 23.2 Å². The predicted molar refractivity (Wildman–Crippen MR) is 122 cm³/mol. The van der Waals surface area contributed by atoms with Crippen LogP contribution in [0.1, 0.15) is 32.6 Å². The quantitative estimate of drug-likeness (QED) is 0.432. The highest BCUT2D eigenvalue weighted by atomic mass is 35.5. The van der Waals surface area contributed by atoms with E-state index in [2.05, 4.69) is 20.9 Å². The lowest BCUT2D eigenvalue weighted by molar-refractivity contribution is -0.126. The van der Waals surface area contributed by atoms with Crippen molar-refractivity contribution in [3.8, 4) is 0 Å². The number of aliphatic imine (C=N–C) groups is 1. The van der Waals surface area contributed by atoms with Gasteiger partial charge >= 0.3 is 0 Å². The molecule has 0 spiro atoms. The number of hydrogen-bond donors (Lipinski definition) is 4. The first-order valence-electron chi connectivity index (χ1n) is 11.0. The molecule has 1 aliphatic carbocycles. The maximum Gasteiger partial charge on any atom is 0.267 e. The van der Waals surface area contributed by atoms with Crippen LogP contribution in [0, 0.1) is 23.5 Å². The average Bonchev–Trinajstić information content (AvgIpc) is 3.26. The van der Waals surface area contributed by atoms with Crippen molar-refractivity contribution in [1.82, 2.24) is 10.6 Å². The van der Waals surface area contributed by atoms with E-state index in [1.807, 2.05) is 0 Å². The first kappa shape index (κ1) is 26.0. The largest absolute Gasteiger partial charge is 0.380 e. The normalized spacial score (nSPS) is 25.4. The number of nitrogens with zero attached hydrogens (tertiary/aromatic N) is 1. The summed E-state index contributed by atoms with van der Waals surface area (Å²) in [5.74, 6) is -4.35. The van der Waals surface area contributed by atoms with Gasteiger partial charge in [0.1, 0.15) is 17.1 Å². The Kier molecular flexibility index (Phi) is 8.21. The minimum atomic E-state index is -1.45. The van der Waals surface area contributed by atoms with Gasteiger partial charge in [0.2, 0.25) is 11.8 Å². The highest BCUT2D eigenvalue weighted by molar-refractivity contribution is 6.47. The van der Waals surface area contributed by atoms with Crippen molar-refractivity contribution in [2.24, 2.45) is 22.6 Å². The number of ether oxygens (including phenoxy) is 1. The van der Waals surface area contributed by atoms with Gasteiger partial charge in [0.25, 0.3) is 5.91 Å². The lowest BCUT2D eigenvalue weighted by atomic mass is 9.69. The molecule has 1 aromatic rings. The number of primary amides is 1. The van der Waals surface area contributed by atoms with Gasteiger partial charge < -0.3 is 21.1 Å². The van der Waals surface area contributed by atoms with Gasteiger partial charge in [-0.25, -0.2) is 8.78 Å². The molecule has 34 heavy (non-hydrogen) atoms. The summed E-state index contributed by atoms with van der Waals surface area (Å²) in [6.07, 6.45) is 1.30. The minimum absolute atomic E-state index is 0.0244. The van der Waals surface area contributed by atoms with E-state index in [-0.39, 0.29) is 41.7 Å². The van der Waals surface area contributed by atoms with Gasteiger partial charge in [0.05, 0.1) is 23.5 Å². The summed E-state index contributed by atoms with van der Waals surface area (Å²) < 4.78 is 32.4. The fourth-order valence-corrected chi connectivity index (χ4v) is 4.77. The Morgan fingerprint density at radius 3 is 2.56 bits per heavy atom. The Bertz CT molecular complexity index is 977. The second-order valence-electron chi connectivity index (χ2n) is 8.55. The van der Waals surface area contributed by atoms with Gasteiger partial charge in [-0.1, -0.05) is 11.6 Å². The molecule has 5 N–H and O–H groups in total. The smallest absolute Gasteiger partial charge is 0.267 e. The molecule has 1 saturated carbocycles. The number of carbonyl (C=O) groups is 3. The Morgan fingerprint density at radius 1 is 1.29 bits per heavy atom. The molecule has 0 bridgehead atoms. The van der Waals surface area contributed by atoms with Crippen LogP contribution in [0.4, 0.5) is 14.5 Å². The topological polar surface area (TPSA) is 135 Å². The van der Waals surface area contributed by atoms with Crippen molar-refractivity contribution in [3.05, 3.63) is 28.8 Å². The third-order valence-corrected chi connectivity index (χ3v) is 6.79. The zero-order valence-electron chi connectivity index (χ0n) is 18.9. The molecule has 1 aliphatic heterocycles. The Balaban J connectivity index is 1.68. The zero-order chi connectivity index (χ0) is 25.0. The molecule has 186 valence electrons. The zero-order valence-corrected chi connectivity index (χ0v) is 19.7. The summed E-state index contributed by atoms with van der Waals surface area (Å²) in [7, 11) is 1.52. The number of hydrogen-bond acceptors (Lipinski definition) is 6. The van der Waals surface area contributed by atoms with Crippen molar-refractivity contribution in [2.45, 2.75) is 44.2 Å². The SMILES string of the molecule is COC(C)CNC(=O)C1=NCNC1(C(N)=O)C1CCC(C(=O)Nc2c(F)cc(F)cc2Cl)CC1. The highest BCUT2D eigenvalue weighted by Crippen LogP contribution is 2.39. The lowest BCUT2D eigenvalue weighted by Crippen LogP contribution is -2.66. The van der Waals surface area contributed by atoms with Crippen LogP contribution >= 0.6 is 11.6 Å². The molecule has 0 saturated heterocycles. The average molecular weight is 500 g/mol. The predicted octanol–water partition coefficient (Wildman–Crippen LogP) is 1.74. The molecular formula is C22H28ClF2N5O4. The van der Waals surface area contributed by atoms with E-state index in [4.69, 9.17) is 22.1 Å². The van der Waals surface area contributed by atoms with E-state index in [0.29, 0.717) is 31.7 Å². The first-order chi connectivity index (χ1) is 16.1. The molecule has 0 aromatic heterocycles. The van der Waals surface area contributed by atoms with E-state index in [0.717, 1.165) is 6.07 Å². The number of benzene rings is 1. The molecule has 2 aliphatic rings. The van der Waals surface area contributed by atoms with E-state index < -0.39 is 40.8 Å². The second kappa shape index (κ2) is 10.7. The summed E-state index contributed by atoms with van der Waals surface area (Å²) in [4.78, 5) is 42.3. The number of nitrogens with two attached hydrogens (primary N) is 1. The van der Waals surface area contributed by atoms with Gasteiger partial charge in [0.15, 0.2) is 5.82 Å². The minimum Gasteiger partial charge on any atom is -0.380 e. The molecule has 12 heteroatoms. The standard InChI is InChI=1S/C22H28ClF2N5O4/c1-11(34-2)9-27-20(32)18-22(21(26)33,29-10-28-18)13-5-3-12(4-6-13)19(31)30-17-15(23)7-14(24)8-16(17)25/h7-8,11-13,29H,3-6,9-10H2,1-2H3,(H2,26,33)(H,27,32)(H,30,31). The van der Waals surface area contributed by atoms with E-state index in [1.54, 1.807) is 6.92 Å². The lowest BCUT2D eigenvalue weighted by Gasteiger charge is -2.39. The van der Waals surface area contributed by atoms with Crippen LogP contribution < -0.4 is 21.7 Å².